The van der Waals surface area contributed by atoms with E-state index in [-0.39, 0.29) is 12.5 Å². The zero-order chi connectivity index (χ0) is 16.1. The fourth-order valence-corrected chi connectivity index (χ4v) is 2.83. The zero-order valence-corrected chi connectivity index (χ0v) is 13.6. The van der Waals surface area contributed by atoms with Gasteiger partial charge in [-0.1, -0.05) is 35.9 Å². The summed E-state index contributed by atoms with van der Waals surface area (Å²) >= 11 is 5.90. The summed E-state index contributed by atoms with van der Waals surface area (Å²) in [6.07, 6.45) is 0. The number of anilines is 1. The monoisotopic (exact) mass is 330 g/mol. The fourth-order valence-electron chi connectivity index (χ4n) is 2.65. The number of halogens is 1. The van der Waals surface area contributed by atoms with Gasteiger partial charge in [-0.2, -0.15) is 0 Å². The molecule has 0 bridgehead atoms. The van der Waals surface area contributed by atoms with Crippen LogP contribution in [0.2, 0.25) is 5.02 Å². The van der Waals surface area contributed by atoms with E-state index in [0.717, 1.165) is 13.1 Å². The molecule has 1 fully saturated rings. The number of hydrogen-bond donors (Lipinski definition) is 0. The highest BCUT2D eigenvalue weighted by Gasteiger charge is 2.21. The molecular formula is C18H19ClN2O2. The molecule has 1 saturated heterocycles. The van der Waals surface area contributed by atoms with Gasteiger partial charge in [0.1, 0.15) is 5.75 Å². The first-order chi connectivity index (χ1) is 11.2. The van der Waals surface area contributed by atoms with Crippen LogP contribution >= 0.6 is 11.6 Å². The maximum atomic E-state index is 12.2. The van der Waals surface area contributed by atoms with E-state index in [4.69, 9.17) is 16.3 Å². The number of benzene rings is 2. The van der Waals surface area contributed by atoms with Gasteiger partial charge in [-0.15, -0.1) is 0 Å². The van der Waals surface area contributed by atoms with Gasteiger partial charge in [0.15, 0.2) is 6.61 Å². The molecule has 0 atom stereocenters. The lowest BCUT2D eigenvalue weighted by atomic mass is 10.2. The number of carbonyl (C=O) groups is 1. The van der Waals surface area contributed by atoms with Crippen molar-refractivity contribution in [2.24, 2.45) is 0 Å². The van der Waals surface area contributed by atoms with Crippen LogP contribution in [0.3, 0.4) is 0 Å². The quantitative estimate of drug-likeness (QED) is 0.863. The number of carbonyl (C=O) groups excluding carboxylic acids is 1. The Hall–Kier alpha value is -2.20. The summed E-state index contributed by atoms with van der Waals surface area (Å²) in [5.41, 5.74) is 1.20. The van der Waals surface area contributed by atoms with Crippen LogP contribution in [0.5, 0.6) is 5.75 Å². The summed E-state index contributed by atoms with van der Waals surface area (Å²) < 4.78 is 5.52. The minimum absolute atomic E-state index is 0.0117. The first-order valence-electron chi connectivity index (χ1n) is 7.68. The summed E-state index contributed by atoms with van der Waals surface area (Å²) in [4.78, 5) is 16.4. The van der Waals surface area contributed by atoms with Crippen LogP contribution in [0.1, 0.15) is 0 Å². The highest BCUT2D eigenvalue weighted by atomic mass is 35.5. The van der Waals surface area contributed by atoms with Crippen LogP contribution in [0.15, 0.2) is 54.6 Å². The summed E-state index contributed by atoms with van der Waals surface area (Å²) in [7, 11) is 0. The Morgan fingerprint density at radius 2 is 1.74 bits per heavy atom. The Morgan fingerprint density at radius 1 is 1.00 bits per heavy atom. The number of nitrogens with zero attached hydrogens (tertiary/aromatic N) is 2. The molecule has 1 aliphatic rings. The summed E-state index contributed by atoms with van der Waals surface area (Å²) in [6.45, 7) is 3.16. The van der Waals surface area contributed by atoms with E-state index in [0.29, 0.717) is 23.9 Å². The molecule has 0 aliphatic carbocycles. The van der Waals surface area contributed by atoms with Gasteiger partial charge in [0.05, 0.1) is 0 Å². The van der Waals surface area contributed by atoms with Crippen molar-refractivity contribution in [3.8, 4) is 5.75 Å². The molecule has 5 heteroatoms. The van der Waals surface area contributed by atoms with Gasteiger partial charge < -0.3 is 14.5 Å². The molecule has 3 rings (SSSR count). The number of para-hydroxylation sites is 1. The van der Waals surface area contributed by atoms with E-state index in [1.807, 2.05) is 23.1 Å². The van der Waals surface area contributed by atoms with Gasteiger partial charge in [-0.05, 0) is 30.3 Å². The van der Waals surface area contributed by atoms with Crippen molar-refractivity contribution in [1.82, 2.24) is 4.90 Å². The van der Waals surface area contributed by atoms with E-state index in [1.54, 1.807) is 24.3 Å². The van der Waals surface area contributed by atoms with E-state index in [9.17, 15) is 4.79 Å². The smallest absolute Gasteiger partial charge is 0.260 e. The molecular weight excluding hydrogens is 312 g/mol. The third kappa shape index (κ3) is 4.17. The SMILES string of the molecule is O=C(COc1cccc(Cl)c1)N1CCN(c2ccccc2)CC1. The van der Waals surface area contributed by atoms with Gasteiger partial charge in [-0.25, -0.2) is 0 Å². The Bertz CT molecular complexity index is 655. The lowest BCUT2D eigenvalue weighted by Gasteiger charge is -2.36. The molecule has 0 aromatic heterocycles. The molecule has 0 radical (unpaired) electrons. The Labute approximate surface area is 141 Å². The van der Waals surface area contributed by atoms with Gasteiger partial charge in [0.25, 0.3) is 5.91 Å². The van der Waals surface area contributed by atoms with Gasteiger partial charge in [-0.3, -0.25) is 4.79 Å². The highest BCUT2D eigenvalue weighted by Crippen LogP contribution is 2.18. The maximum absolute atomic E-state index is 12.2. The van der Waals surface area contributed by atoms with Gasteiger partial charge in [0.2, 0.25) is 0 Å². The number of rotatable bonds is 4. The van der Waals surface area contributed by atoms with Crippen LogP contribution in [0.4, 0.5) is 5.69 Å². The molecule has 120 valence electrons. The van der Waals surface area contributed by atoms with Crippen molar-refractivity contribution >= 4 is 23.2 Å². The molecule has 0 N–H and O–H groups in total. The minimum Gasteiger partial charge on any atom is -0.484 e. The number of hydrogen-bond acceptors (Lipinski definition) is 3. The normalized spacial score (nSPS) is 14.7. The second-order valence-corrected chi connectivity index (χ2v) is 5.89. The average molecular weight is 331 g/mol. The van der Waals surface area contributed by atoms with Crippen LogP contribution < -0.4 is 9.64 Å². The van der Waals surface area contributed by atoms with E-state index in [1.165, 1.54) is 5.69 Å². The third-order valence-corrected chi connectivity index (χ3v) is 4.15. The summed E-state index contributed by atoms with van der Waals surface area (Å²) in [5, 5.41) is 0.603. The third-order valence-electron chi connectivity index (χ3n) is 3.91. The lowest BCUT2D eigenvalue weighted by Crippen LogP contribution is -2.50. The summed E-state index contributed by atoms with van der Waals surface area (Å²) in [5.74, 6) is 0.631. The second-order valence-electron chi connectivity index (χ2n) is 5.45. The predicted octanol–water partition coefficient (Wildman–Crippen LogP) is 3.07. The largest absolute Gasteiger partial charge is 0.484 e. The van der Waals surface area contributed by atoms with E-state index < -0.39 is 0 Å². The topological polar surface area (TPSA) is 32.8 Å². The van der Waals surface area contributed by atoms with Crippen LogP contribution in [0, 0.1) is 0 Å². The van der Waals surface area contributed by atoms with Crippen molar-refractivity contribution in [2.75, 3.05) is 37.7 Å². The Kier molecular flexibility index (Phi) is 5.03. The standard InChI is InChI=1S/C18H19ClN2O2/c19-15-5-4-8-17(13-15)23-14-18(22)21-11-9-20(10-12-21)16-6-2-1-3-7-16/h1-8,13H,9-12,14H2. The molecule has 1 aliphatic heterocycles. The van der Waals surface area contributed by atoms with E-state index in [2.05, 4.69) is 17.0 Å². The van der Waals surface area contributed by atoms with Gasteiger partial charge in [0, 0.05) is 36.9 Å². The molecule has 23 heavy (non-hydrogen) atoms. The van der Waals surface area contributed by atoms with Crippen molar-refractivity contribution in [2.45, 2.75) is 0 Å². The lowest BCUT2D eigenvalue weighted by molar-refractivity contribution is -0.133. The second kappa shape index (κ2) is 7.38. The maximum Gasteiger partial charge on any atom is 0.260 e. The molecule has 2 aromatic carbocycles. The van der Waals surface area contributed by atoms with Crippen LogP contribution in [-0.4, -0.2) is 43.6 Å². The molecule has 1 heterocycles. The Morgan fingerprint density at radius 3 is 2.43 bits per heavy atom. The summed E-state index contributed by atoms with van der Waals surface area (Å²) in [6, 6.07) is 17.4. The van der Waals surface area contributed by atoms with Crippen molar-refractivity contribution in [3.05, 3.63) is 59.6 Å². The molecule has 4 nitrogen and oxygen atoms in total. The first kappa shape index (κ1) is 15.7. The number of piperazine rings is 1. The van der Waals surface area contributed by atoms with Crippen LogP contribution in [0.25, 0.3) is 0 Å². The minimum atomic E-state index is 0.0117. The fraction of sp³-hybridized carbons (Fsp3) is 0.278. The molecule has 0 spiro atoms. The van der Waals surface area contributed by atoms with Crippen molar-refractivity contribution in [3.63, 3.8) is 0 Å². The predicted molar refractivity (Wildman–Crippen MR) is 92.2 cm³/mol. The molecule has 0 unspecified atom stereocenters. The zero-order valence-electron chi connectivity index (χ0n) is 12.8. The Balaban J connectivity index is 1.48. The van der Waals surface area contributed by atoms with Crippen molar-refractivity contribution in [1.29, 1.82) is 0 Å². The van der Waals surface area contributed by atoms with Crippen molar-refractivity contribution < 1.29 is 9.53 Å². The first-order valence-corrected chi connectivity index (χ1v) is 8.06. The average Bonchev–Trinajstić information content (AvgIpc) is 2.61. The molecule has 1 amide bonds. The van der Waals surface area contributed by atoms with E-state index >= 15 is 0 Å². The number of ether oxygens (including phenoxy) is 1. The molecule has 2 aromatic rings. The highest BCUT2D eigenvalue weighted by molar-refractivity contribution is 6.30. The number of amides is 1. The van der Waals surface area contributed by atoms with Crippen LogP contribution in [-0.2, 0) is 4.79 Å². The molecule has 0 saturated carbocycles. The van der Waals surface area contributed by atoms with Gasteiger partial charge >= 0.3 is 0 Å².